The first kappa shape index (κ1) is 7.90. The van der Waals surface area contributed by atoms with Crippen molar-refractivity contribution in [3.8, 4) is 0 Å². The maximum Gasteiger partial charge on any atom is 0.314 e. The highest BCUT2D eigenvalue weighted by molar-refractivity contribution is 7.71. The van der Waals surface area contributed by atoms with Gasteiger partial charge in [-0.05, 0) is 12.2 Å². The standard InChI is InChI=1S/C6H9N3O2S/c12-6-8-5(9-11-6)4-3-10-2-1-7-4/h4,7H,1-3H2,(H,8,9,12). The lowest BCUT2D eigenvalue weighted by Gasteiger charge is -2.20. The maximum atomic E-state index is 5.25. The van der Waals surface area contributed by atoms with Gasteiger partial charge in [0.15, 0.2) is 5.82 Å². The first-order chi connectivity index (χ1) is 5.86. The fraction of sp³-hybridized carbons (Fsp3) is 0.667. The Morgan fingerprint density at radius 3 is 3.08 bits per heavy atom. The van der Waals surface area contributed by atoms with Gasteiger partial charge in [0.1, 0.15) is 0 Å². The molecule has 1 aliphatic rings. The summed E-state index contributed by atoms with van der Waals surface area (Å²) in [5.74, 6) is 0.708. The lowest BCUT2D eigenvalue weighted by molar-refractivity contribution is 0.0734. The zero-order valence-corrected chi connectivity index (χ0v) is 7.19. The van der Waals surface area contributed by atoms with Gasteiger partial charge in [0.2, 0.25) is 0 Å². The number of morpholine rings is 1. The van der Waals surface area contributed by atoms with Crippen molar-refractivity contribution >= 4 is 12.2 Å². The highest BCUT2D eigenvalue weighted by Crippen LogP contribution is 2.10. The van der Waals surface area contributed by atoms with Gasteiger partial charge in [-0.25, -0.2) is 5.16 Å². The molecule has 0 bridgehead atoms. The van der Waals surface area contributed by atoms with Crippen molar-refractivity contribution in [1.29, 1.82) is 0 Å². The van der Waals surface area contributed by atoms with Gasteiger partial charge in [-0.3, -0.25) is 0 Å². The summed E-state index contributed by atoms with van der Waals surface area (Å²) in [5.41, 5.74) is 0. The van der Waals surface area contributed by atoms with Gasteiger partial charge in [-0.15, -0.1) is 0 Å². The van der Waals surface area contributed by atoms with Gasteiger partial charge in [0, 0.05) is 6.54 Å². The number of aromatic nitrogens is 2. The number of nitrogens with zero attached hydrogens (tertiary/aromatic N) is 1. The topological polar surface area (TPSA) is 63.1 Å². The minimum Gasteiger partial charge on any atom is -0.378 e. The molecule has 1 aromatic rings. The maximum absolute atomic E-state index is 5.25. The number of ether oxygens (including phenoxy) is 1. The van der Waals surface area contributed by atoms with Gasteiger partial charge in [0.05, 0.1) is 19.3 Å². The van der Waals surface area contributed by atoms with E-state index in [2.05, 4.69) is 15.5 Å². The van der Waals surface area contributed by atoms with Crippen molar-refractivity contribution in [1.82, 2.24) is 15.5 Å². The van der Waals surface area contributed by atoms with Gasteiger partial charge >= 0.3 is 4.84 Å². The molecule has 12 heavy (non-hydrogen) atoms. The number of rotatable bonds is 1. The summed E-state index contributed by atoms with van der Waals surface area (Å²) < 4.78 is 10.0. The first-order valence-corrected chi connectivity index (χ1v) is 4.13. The van der Waals surface area contributed by atoms with E-state index in [0.717, 1.165) is 13.2 Å². The molecule has 0 amide bonds. The average molecular weight is 187 g/mol. The second-order valence-corrected chi connectivity index (χ2v) is 2.90. The zero-order valence-electron chi connectivity index (χ0n) is 6.37. The molecule has 0 radical (unpaired) electrons. The minimum absolute atomic E-state index is 0.0826. The molecule has 0 saturated carbocycles. The van der Waals surface area contributed by atoms with Crippen LogP contribution in [0.15, 0.2) is 4.52 Å². The van der Waals surface area contributed by atoms with E-state index in [1.54, 1.807) is 0 Å². The first-order valence-electron chi connectivity index (χ1n) is 3.73. The lowest BCUT2D eigenvalue weighted by Crippen LogP contribution is -2.35. The van der Waals surface area contributed by atoms with Crippen molar-refractivity contribution in [2.75, 3.05) is 19.8 Å². The van der Waals surface area contributed by atoms with Crippen molar-refractivity contribution in [3.05, 3.63) is 10.7 Å². The van der Waals surface area contributed by atoms with Crippen LogP contribution in [0, 0.1) is 4.84 Å². The Kier molecular flexibility index (Phi) is 2.20. The van der Waals surface area contributed by atoms with Gasteiger partial charge in [0.25, 0.3) is 0 Å². The molecule has 6 heteroatoms. The van der Waals surface area contributed by atoms with Crippen LogP contribution in [-0.2, 0) is 4.74 Å². The summed E-state index contributed by atoms with van der Waals surface area (Å²) in [6.45, 7) is 2.19. The fourth-order valence-corrected chi connectivity index (χ4v) is 1.27. The van der Waals surface area contributed by atoms with Crippen LogP contribution in [-0.4, -0.2) is 29.9 Å². The molecule has 2 N–H and O–H groups in total. The molecule has 2 rings (SSSR count). The predicted octanol–water partition coefficient (Wildman–Crippen LogP) is 0.393. The van der Waals surface area contributed by atoms with Crippen LogP contribution < -0.4 is 5.32 Å². The Bertz CT molecular complexity index is 302. The summed E-state index contributed by atoms with van der Waals surface area (Å²) in [7, 11) is 0. The van der Waals surface area contributed by atoms with E-state index in [1.807, 2.05) is 0 Å². The Labute approximate surface area is 74.1 Å². The van der Waals surface area contributed by atoms with Gasteiger partial charge in [-0.2, -0.15) is 4.98 Å². The van der Waals surface area contributed by atoms with E-state index in [4.69, 9.17) is 21.5 Å². The lowest BCUT2D eigenvalue weighted by atomic mass is 10.3. The van der Waals surface area contributed by atoms with Crippen LogP contribution in [0.2, 0.25) is 0 Å². The van der Waals surface area contributed by atoms with Crippen LogP contribution >= 0.6 is 12.2 Å². The van der Waals surface area contributed by atoms with Crippen molar-refractivity contribution in [2.45, 2.75) is 6.04 Å². The number of aromatic amines is 1. The van der Waals surface area contributed by atoms with E-state index in [0.29, 0.717) is 12.4 Å². The molecule has 0 aliphatic carbocycles. The third kappa shape index (κ3) is 1.55. The van der Waals surface area contributed by atoms with Crippen LogP contribution in [0.25, 0.3) is 0 Å². The minimum atomic E-state index is 0.0826. The summed E-state index contributed by atoms with van der Waals surface area (Å²) >= 11 is 4.72. The van der Waals surface area contributed by atoms with E-state index in [-0.39, 0.29) is 10.9 Å². The Balaban J connectivity index is 2.13. The molecule has 2 heterocycles. The second kappa shape index (κ2) is 3.34. The molecular formula is C6H9N3O2S. The smallest absolute Gasteiger partial charge is 0.314 e. The predicted molar refractivity (Wildman–Crippen MR) is 43.3 cm³/mol. The average Bonchev–Trinajstić information content (AvgIpc) is 2.54. The molecule has 1 saturated heterocycles. The summed E-state index contributed by atoms with van der Waals surface area (Å²) in [5, 5.41) is 5.87. The Morgan fingerprint density at radius 1 is 1.58 bits per heavy atom. The van der Waals surface area contributed by atoms with E-state index < -0.39 is 0 Å². The van der Waals surface area contributed by atoms with Crippen molar-refractivity contribution in [2.24, 2.45) is 0 Å². The zero-order chi connectivity index (χ0) is 8.39. The molecular weight excluding hydrogens is 178 g/mol. The number of nitrogens with one attached hydrogen (secondary N) is 2. The van der Waals surface area contributed by atoms with Gasteiger partial charge < -0.3 is 14.6 Å². The second-order valence-electron chi connectivity index (χ2n) is 2.55. The SMILES string of the molecule is S=c1nc(C2COCCN2)[nH]o1. The largest absolute Gasteiger partial charge is 0.378 e. The van der Waals surface area contributed by atoms with Crippen molar-refractivity contribution in [3.63, 3.8) is 0 Å². The summed E-state index contributed by atoms with van der Waals surface area (Å²) in [4.78, 5) is 4.22. The molecule has 66 valence electrons. The quantitative estimate of drug-likeness (QED) is 0.623. The van der Waals surface area contributed by atoms with E-state index >= 15 is 0 Å². The summed E-state index contributed by atoms with van der Waals surface area (Å²) in [6.07, 6.45) is 0. The van der Waals surface area contributed by atoms with Crippen LogP contribution in [0.4, 0.5) is 0 Å². The third-order valence-corrected chi connectivity index (χ3v) is 1.88. The molecule has 0 spiro atoms. The van der Waals surface area contributed by atoms with E-state index in [1.165, 1.54) is 0 Å². The number of hydrogen-bond acceptors (Lipinski definition) is 5. The van der Waals surface area contributed by atoms with Crippen LogP contribution in [0.5, 0.6) is 0 Å². The monoisotopic (exact) mass is 187 g/mol. The molecule has 1 fully saturated rings. The summed E-state index contributed by atoms with van der Waals surface area (Å²) in [6, 6.07) is 0.0826. The normalized spacial score (nSPS) is 24.2. The highest BCUT2D eigenvalue weighted by atomic mass is 32.1. The van der Waals surface area contributed by atoms with E-state index in [9.17, 15) is 0 Å². The Morgan fingerprint density at radius 2 is 2.50 bits per heavy atom. The number of hydrogen-bond donors (Lipinski definition) is 2. The molecule has 5 nitrogen and oxygen atoms in total. The third-order valence-electron chi connectivity index (χ3n) is 1.71. The van der Waals surface area contributed by atoms with Gasteiger partial charge in [-0.1, -0.05) is 0 Å². The molecule has 1 aromatic heterocycles. The molecule has 1 atom stereocenters. The molecule has 1 unspecified atom stereocenters. The number of H-pyrrole nitrogens is 1. The molecule has 1 aliphatic heterocycles. The van der Waals surface area contributed by atoms with Crippen LogP contribution in [0.3, 0.4) is 0 Å². The molecule has 0 aromatic carbocycles. The van der Waals surface area contributed by atoms with Crippen molar-refractivity contribution < 1.29 is 9.26 Å². The highest BCUT2D eigenvalue weighted by Gasteiger charge is 2.18. The Hall–Kier alpha value is -0.720. The van der Waals surface area contributed by atoms with Crippen LogP contribution in [0.1, 0.15) is 11.9 Å². The fourth-order valence-electron chi connectivity index (χ4n) is 1.13.